The number of hydrogen-bond donors (Lipinski definition) is 0. The summed E-state index contributed by atoms with van der Waals surface area (Å²) in [5.74, 6) is 0. The zero-order valence-electron chi connectivity index (χ0n) is 8.10. The van der Waals surface area contributed by atoms with Gasteiger partial charge in [-0.2, -0.15) is 0 Å². The summed E-state index contributed by atoms with van der Waals surface area (Å²) in [6, 6.07) is 4.40. The molecule has 1 aromatic rings. The molecule has 1 aliphatic rings. The van der Waals surface area contributed by atoms with Crippen LogP contribution in [0.3, 0.4) is 0 Å². The van der Waals surface area contributed by atoms with E-state index in [2.05, 4.69) is 46.9 Å². The van der Waals surface area contributed by atoms with Crippen LogP contribution in [0.15, 0.2) is 16.6 Å². The van der Waals surface area contributed by atoms with Crippen LogP contribution in [0.25, 0.3) is 0 Å². The van der Waals surface area contributed by atoms with E-state index in [9.17, 15) is 0 Å². The lowest BCUT2D eigenvalue weighted by Gasteiger charge is -2.26. The van der Waals surface area contributed by atoms with E-state index < -0.39 is 0 Å². The Bertz CT molecular complexity index is 333. The van der Waals surface area contributed by atoms with Crippen molar-refractivity contribution in [2.75, 3.05) is 13.6 Å². The molecule has 0 fully saturated rings. The van der Waals surface area contributed by atoms with Crippen molar-refractivity contribution in [1.29, 1.82) is 0 Å². The van der Waals surface area contributed by atoms with Crippen LogP contribution in [0.5, 0.6) is 0 Å². The molecule has 0 atom stereocenters. The second kappa shape index (κ2) is 3.43. The van der Waals surface area contributed by atoms with E-state index in [1.807, 2.05) is 0 Å². The minimum Gasteiger partial charge on any atom is -0.302 e. The van der Waals surface area contributed by atoms with Gasteiger partial charge in [0.1, 0.15) is 0 Å². The van der Waals surface area contributed by atoms with Crippen molar-refractivity contribution < 1.29 is 0 Å². The second-order valence-corrected chi connectivity index (χ2v) is 4.65. The number of nitrogens with zero attached hydrogens (tertiary/aromatic N) is 1. The first-order chi connectivity index (χ1) is 6.18. The topological polar surface area (TPSA) is 3.24 Å². The van der Waals surface area contributed by atoms with Gasteiger partial charge in [0.2, 0.25) is 0 Å². The maximum atomic E-state index is 3.58. The van der Waals surface area contributed by atoms with Crippen LogP contribution in [0, 0.1) is 6.92 Å². The molecule has 0 N–H and O–H groups in total. The predicted molar refractivity (Wildman–Crippen MR) is 58.9 cm³/mol. The first-order valence-corrected chi connectivity index (χ1v) is 5.43. The molecule has 1 heterocycles. The molecular weight excluding hydrogens is 226 g/mol. The fourth-order valence-electron chi connectivity index (χ4n) is 1.95. The van der Waals surface area contributed by atoms with Gasteiger partial charge in [-0.1, -0.05) is 22.0 Å². The largest absolute Gasteiger partial charge is 0.302 e. The van der Waals surface area contributed by atoms with Crippen molar-refractivity contribution >= 4 is 15.9 Å². The number of likely N-dealkylation sites (N-methyl/N-ethyl adjacent to an activating group) is 1. The van der Waals surface area contributed by atoms with Gasteiger partial charge in [0.15, 0.2) is 0 Å². The van der Waals surface area contributed by atoms with Gasteiger partial charge in [-0.3, -0.25) is 0 Å². The number of halogens is 1. The number of rotatable bonds is 0. The normalized spacial score (nSPS) is 17.2. The van der Waals surface area contributed by atoms with Gasteiger partial charge in [0.05, 0.1) is 0 Å². The highest BCUT2D eigenvalue weighted by molar-refractivity contribution is 9.10. The zero-order chi connectivity index (χ0) is 9.42. The molecule has 13 heavy (non-hydrogen) atoms. The van der Waals surface area contributed by atoms with Crippen molar-refractivity contribution in [2.24, 2.45) is 0 Å². The van der Waals surface area contributed by atoms with Crippen molar-refractivity contribution in [3.63, 3.8) is 0 Å². The Kier molecular flexibility index (Phi) is 2.43. The standard InChI is InChI=1S/C11H14BrN/c1-8-10-5-6-13(2)7-9(10)3-4-11(8)12/h3-4H,5-7H2,1-2H3. The zero-order valence-corrected chi connectivity index (χ0v) is 9.69. The highest BCUT2D eigenvalue weighted by atomic mass is 79.9. The maximum Gasteiger partial charge on any atom is 0.0233 e. The lowest BCUT2D eigenvalue weighted by Crippen LogP contribution is -2.27. The first-order valence-electron chi connectivity index (χ1n) is 4.64. The van der Waals surface area contributed by atoms with E-state index in [0.29, 0.717) is 0 Å². The van der Waals surface area contributed by atoms with E-state index in [0.717, 1.165) is 6.54 Å². The number of hydrogen-bond acceptors (Lipinski definition) is 1. The van der Waals surface area contributed by atoms with E-state index >= 15 is 0 Å². The van der Waals surface area contributed by atoms with Crippen molar-refractivity contribution in [3.05, 3.63) is 33.3 Å². The van der Waals surface area contributed by atoms with Gasteiger partial charge >= 0.3 is 0 Å². The molecule has 0 spiro atoms. The van der Waals surface area contributed by atoms with E-state index in [4.69, 9.17) is 0 Å². The highest BCUT2D eigenvalue weighted by Crippen LogP contribution is 2.26. The molecule has 0 saturated heterocycles. The number of fused-ring (bicyclic) bond motifs is 1. The molecule has 0 amide bonds. The van der Waals surface area contributed by atoms with Crippen LogP contribution in [0.2, 0.25) is 0 Å². The molecule has 1 aliphatic heterocycles. The molecule has 2 heteroatoms. The van der Waals surface area contributed by atoms with Crippen LogP contribution in [0.1, 0.15) is 16.7 Å². The van der Waals surface area contributed by atoms with Gasteiger partial charge in [-0.05, 0) is 43.1 Å². The molecule has 1 aromatic carbocycles. The van der Waals surface area contributed by atoms with Crippen LogP contribution in [0.4, 0.5) is 0 Å². The van der Waals surface area contributed by atoms with Crippen LogP contribution < -0.4 is 0 Å². The molecule has 0 aromatic heterocycles. The van der Waals surface area contributed by atoms with E-state index in [-0.39, 0.29) is 0 Å². The third-order valence-corrected chi connectivity index (χ3v) is 3.67. The summed E-state index contributed by atoms with van der Waals surface area (Å²) < 4.78 is 1.25. The minimum atomic E-state index is 1.10. The quantitative estimate of drug-likeness (QED) is 0.674. The van der Waals surface area contributed by atoms with Gasteiger partial charge in [-0.15, -0.1) is 0 Å². The summed E-state index contributed by atoms with van der Waals surface area (Å²) in [5, 5.41) is 0. The fourth-order valence-corrected chi connectivity index (χ4v) is 2.32. The predicted octanol–water partition coefficient (Wildman–Crippen LogP) is 2.75. The average Bonchev–Trinajstić information content (AvgIpc) is 2.12. The monoisotopic (exact) mass is 239 g/mol. The highest BCUT2D eigenvalue weighted by Gasteiger charge is 2.15. The van der Waals surface area contributed by atoms with E-state index in [1.54, 1.807) is 5.56 Å². The first kappa shape index (κ1) is 9.22. The lowest BCUT2D eigenvalue weighted by atomic mass is 9.96. The molecule has 0 aliphatic carbocycles. The minimum absolute atomic E-state index is 1.10. The maximum absolute atomic E-state index is 3.58. The Balaban J connectivity index is 2.47. The SMILES string of the molecule is Cc1c(Br)ccc2c1CCN(C)C2. The molecule has 0 bridgehead atoms. The molecule has 70 valence electrons. The average molecular weight is 240 g/mol. The van der Waals surface area contributed by atoms with E-state index in [1.165, 1.54) is 28.6 Å². The summed E-state index contributed by atoms with van der Waals surface area (Å²) in [5.41, 5.74) is 4.47. The van der Waals surface area contributed by atoms with Crippen molar-refractivity contribution in [1.82, 2.24) is 4.90 Å². The number of benzene rings is 1. The third kappa shape index (κ3) is 1.65. The lowest BCUT2D eigenvalue weighted by molar-refractivity contribution is 0.312. The van der Waals surface area contributed by atoms with Crippen LogP contribution in [-0.2, 0) is 13.0 Å². The second-order valence-electron chi connectivity index (χ2n) is 3.80. The molecule has 0 unspecified atom stereocenters. The smallest absolute Gasteiger partial charge is 0.0233 e. The van der Waals surface area contributed by atoms with Crippen LogP contribution in [-0.4, -0.2) is 18.5 Å². The summed E-state index contributed by atoms with van der Waals surface area (Å²) >= 11 is 3.58. The summed E-state index contributed by atoms with van der Waals surface area (Å²) in [4.78, 5) is 2.37. The fraction of sp³-hybridized carbons (Fsp3) is 0.455. The molecular formula is C11H14BrN. The van der Waals surface area contributed by atoms with Gasteiger partial charge in [0, 0.05) is 17.6 Å². The van der Waals surface area contributed by atoms with Crippen molar-refractivity contribution in [3.8, 4) is 0 Å². The summed E-state index contributed by atoms with van der Waals surface area (Å²) in [6.45, 7) is 4.49. The van der Waals surface area contributed by atoms with Gasteiger partial charge in [-0.25, -0.2) is 0 Å². The molecule has 0 radical (unpaired) electrons. The summed E-state index contributed by atoms with van der Waals surface area (Å²) in [6.07, 6.45) is 1.19. The van der Waals surface area contributed by atoms with Gasteiger partial charge < -0.3 is 4.90 Å². The molecule has 0 saturated carbocycles. The molecule has 1 nitrogen and oxygen atoms in total. The summed E-state index contributed by atoms with van der Waals surface area (Å²) in [7, 11) is 2.18. The Morgan fingerprint density at radius 3 is 2.92 bits per heavy atom. The third-order valence-electron chi connectivity index (χ3n) is 2.81. The van der Waals surface area contributed by atoms with Crippen molar-refractivity contribution in [2.45, 2.75) is 19.9 Å². The Morgan fingerprint density at radius 1 is 1.38 bits per heavy atom. The Labute approximate surface area is 87.9 Å². The Morgan fingerprint density at radius 2 is 2.15 bits per heavy atom. The van der Waals surface area contributed by atoms with Gasteiger partial charge in [0.25, 0.3) is 0 Å². The van der Waals surface area contributed by atoms with Crippen LogP contribution >= 0.6 is 15.9 Å². The molecule has 2 rings (SSSR count). The Hall–Kier alpha value is -0.340.